The number of carbonyl (C=O) groups is 1. The van der Waals surface area contributed by atoms with Crippen LogP contribution in [0, 0.1) is 0 Å². The fraction of sp³-hybridized carbons (Fsp3) is 0.211. The number of ether oxygens (including phenoxy) is 2. The SMILES string of the molecule is CCOc1ccc2nc(NN=CCc3ccc(OCC(=O)O)cc3)sc2c1. The molecule has 140 valence electrons. The van der Waals surface area contributed by atoms with Crippen molar-refractivity contribution in [2.45, 2.75) is 13.3 Å². The minimum Gasteiger partial charge on any atom is -0.494 e. The molecule has 0 saturated heterocycles. The van der Waals surface area contributed by atoms with Crippen LogP contribution < -0.4 is 14.9 Å². The quantitative estimate of drug-likeness (QED) is 0.430. The van der Waals surface area contributed by atoms with Crippen molar-refractivity contribution in [1.29, 1.82) is 0 Å². The maximum absolute atomic E-state index is 10.5. The molecule has 0 atom stereocenters. The summed E-state index contributed by atoms with van der Waals surface area (Å²) in [6.07, 6.45) is 2.39. The molecule has 0 unspecified atom stereocenters. The van der Waals surface area contributed by atoms with Crippen molar-refractivity contribution in [1.82, 2.24) is 4.98 Å². The molecule has 1 heterocycles. The lowest BCUT2D eigenvalue weighted by Gasteiger charge is -2.03. The molecule has 7 nitrogen and oxygen atoms in total. The minimum absolute atomic E-state index is 0.348. The Balaban J connectivity index is 1.53. The van der Waals surface area contributed by atoms with Crippen LogP contribution in [0.25, 0.3) is 10.2 Å². The Hall–Kier alpha value is -3.13. The Bertz CT molecular complexity index is 938. The second-order valence-electron chi connectivity index (χ2n) is 5.54. The maximum Gasteiger partial charge on any atom is 0.341 e. The van der Waals surface area contributed by atoms with E-state index in [2.05, 4.69) is 15.5 Å². The first kappa shape index (κ1) is 18.7. The van der Waals surface area contributed by atoms with Crippen LogP contribution in [0.3, 0.4) is 0 Å². The van der Waals surface area contributed by atoms with E-state index in [0.29, 0.717) is 23.9 Å². The fourth-order valence-corrected chi connectivity index (χ4v) is 3.17. The van der Waals surface area contributed by atoms with Gasteiger partial charge in [0.15, 0.2) is 6.61 Å². The largest absolute Gasteiger partial charge is 0.494 e. The first-order valence-corrected chi connectivity index (χ1v) is 9.20. The van der Waals surface area contributed by atoms with Gasteiger partial charge in [0.1, 0.15) is 11.5 Å². The molecule has 0 saturated carbocycles. The summed E-state index contributed by atoms with van der Waals surface area (Å²) in [6.45, 7) is 2.24. The fourth-order valence-electron chi connectivity index (χ4n) is 2.33. The molecule has 0 aliphatic rings. The molecule has 0 aliphatic heterocycles. The monoisotopic (exact) mass is 385 g/mol. The molecule has 0 fully saturated rings. The summed E-state index contributed by atoms with van der Waals surface area (Å²) in [5, 5.41) is 13.5. The Labute approximate surface area is 160 Å². The van der Waals surface area contributed by atoms with Gasteiger partial charge in [0.05, 0.1) is 16.8 Å². The van der Waals surface area contributed by atoms with Gasteiger partial charge in [0, 0.05) is 12.6 Å². The molecule has 2 aromatic carbocycles. The molecule has 8 heteroatoms. The van der Waals surface area contributed by atoms with E-state index in [9.17, 15) is 4.79 Å². The second kappa shape index (κ2) is 9.00. The molecule has 3 aromatic rings. The number of hydrazone groups is 1. The van der Waals surface area contributed by atoms with E-state index in [1.807, 2.05) is 37.3 Å². The molecule has 0 amide bonds. The molecule has 2 N–H and O–H groups in total. The number of hydrogen-bond acceptors (Lipinski definition) is 7. The zero-order valence-electron chi connectivity index (χ0n) is 14.7. The number of fused-ring (bicyclic) bond motifs is 1. The number of anilines is 1. The van der Waals surface area contributed by atoms with E-state index in [4.69, 9.17) is 14.6 Å². The van der Waals surface area contributed by atoms with E-state index in [0.717, 1.165) is 21.5 Å². The highest BCUT2D eigenvalue weighted by Crippen LogP contribution is 2.29. The molecule has 27 heavy (non-hydrogen) atoms. The van der Waals surface area contributed by atoms with Crippen molar-refractivity contribution < 1.29 is 19.4 Å². The third kappa shape index (κ3) is 5.42. The highest BCUT2D eigenvalue weighted by atomic mass is 32.1. The molecule has 0 aliphatic carbocycles. The van der Waals surface area contributed by atoms with Gasteiger partial charge < -0.3 is 14.6 Å². The Morgan fingerprint density at radius 2 is 2.00 bits per heavy atom. The Morgan fingerprint density at radius 1 is 1.22 bits per heavy atom. The number of hydrogen-bond donors (Lipinski definition) is 2. The van der Waals surface area contributed by atoms with Crippen LogP contribution in [0.4, 0.5) is 5.13 Å². The highest BCUT2D eigenvalue weighted by molar-refractivity contribution is 7.22. The van der Waals surface area contributed by atoms with Gasteiger partial charge in [-0.2, -0.15) is 5.10 Å². The normalized spacial score (nSPS) is 11.0. The van der Waals surface area contributed by atoms with Crippen molar-refractivity contribution in [3.05, 3.63) is 48.0 Å². The van der Waals surface area contributed by atoms with Gasteiger partial charge in [-0.15, -0.1) is 0 Å². The third-order valence-corrected chi connectivity index (χ3v) is 4.46. The van der Waals surface area contributed by atoms with Crippen LogP contribution in [0.2, 0.25) is 0 Å². The van der Waals surface area contributed by atoms with Gasteiger partial charge in [-0.05, 0) is 42.8 Å². The number of carboxylic acids is 1. The standard InChI is InChI=1S/C19H19N3O4S/c1-2-25-15-7-8-16-17(11-15)27-19(21-16)22-20-10-9-13-3-5-14(6-4-13)26-12-18(23)24/h3-8,10-11H,2,9,12H2,1H3,(H,21,22)(H,23,24). The van der Waals surface area contributed by atoms with Crippen LogP contribution >= 0.6 is 11.3 Å². The highest BCUT2D eigenvalue weighted by Gasteiger charge is 2.04. The number of nitrogens with zero attached hydrogens (tertiary/aromatic N) is 2. The van der Waals surface area contributed by atoms with Crippen LogP contribution in [0.1, 0.15) is 12.5 Å². The zero-order chi connectivity index (χ0) is 19.1. The molecule has 0 spiro atoms. The van der Waals surface area contributed by atoms with Crippen molar-refractivity contribution >= 4 is 38.9 Å². The molecular weight excluding hydrogens is 366 g/mol. The average molecular weight is 385 g/mol. The number of rotatable bonds is 9. The summed E-state index contributed by atoms with van der Waals surface area (Å²) in [6, 6.07) is 13.0. The topological polar surface area (TPSA) is 93.0 Å². The van der Waals surface area contributed by atoms with Crippen LogP contribution in [0.5, 0.6) is 11.5 Å². The van der Waals surface area contributed by atoms with Crippen molar-refractivity contribution in [3.8, 4) is 11.5 Å². The number of carboxylic acid groups (broad SMARTS) is 1. The summed E-state index contributed by atoms with van der Waals surface area (Å²) in [5.74, 6) is 0.359. The van der Waals surface area contributed by atoms with Crippen molar-refractivity contribution in [2.24, 2.45) is 5.10 Å². The number of thiazole rings is 1. The summed E-state index contributed by atoms with van der Waals surface area (Å²) in [4.78, 5) is 15.0. The second-order valence-corrected chi connectivity index (χ2v) is 6.57. The van der Waals surface area contributed by atoms with Crippen LogP contribution in [-0.4, -0.2) is 35.5 Å². The third-order valence-electron chi connectivity index (χ3n) is 3.54. The lowest BCUT2D eigenvalue weighted by molar-refractivity contribution is -0.139. The number of aromatic nitrogens is 1. The minimum atomic E-state index is -0.999. The van der Waals surface area contributed by atoms with Gasteiger partial charge in [-0.3, -0.25) is 5.43 Å². The molecular formula is C19H19N3O4S. The number of benzene rings is 2. The van der Waals surface area contributed by atoms with E-state index >= 15 is 0 Å². The summed E-state index contributed by atoms with van der Waals surface area (Å²) < 4.78 is 11.6. The van der Waals surface area contributed by atoms with Crippen molar-refractivity contribution in [2.75, 3.05) is 18.6 Å². The first-order valence-electron chi connectivity index (χ1n) is 8.38. The summed E-state index contributed by atoms with van der Waals surface area (Å²) >= 11 is 1.51. The first-order chi connectivity index (χ1) is 13.1. The zero-order valence-corrected chi connectivity index (χ0v) is 15.5. The van der Waals surface area contributed by atoms with E-state index in [1.165, 1.54) is 11.3 Å². The lowest BCUT2D eigenvalue weighted by Crippen LogP contribution is -2.09. The maximum atomic E-state index is 10.5. The van der Waals surface area contributed by atoms with Gasteiger partial charge in [0.25, 0.3) is 0 Å². The molecule has 1 aromatic heterocycles. The molecule has 0 bridgehead atoms. The molecule has 0 radical (unpaired) electrons. The van der Waals surface area contributed by atoms with Gasteiger partial charge in [-0.25, -0.2) is 9.78 Å². The number of nitrogens with one attached hydrogen (secondary N) is 1. The smallest absolute Gasteiger partial charge is 0.341 e. The van der Waals surface area contributed by atoms with Crippen molar-refractivity contribution in [3.63, 3.8) is 0 Å². The van der Waals surface area contributed by atoms with Gasteiger partial charge in [-0.1, -0.05) is 23.5 Å². The summed E-state index contributed by atoms with van der Waals surface area (Å²) in [7, 11) is 0. The van der Waals surface area contributed by atoms with Gasteiger partial charge in [0.2, 0.25) is 5.13 Å². The molecule has 3 rings (SSSR count). The van der Waals surface area contributed by atoms with Crippen LogP contribution in [-0.2, 0) is 11.2 Å². The van der Waals surface area contributed by atoms with Crippen LogP contribution in [0.15, 0.2) is 47.6 Å². The lowest BCUT2D eigenvalue weighted by atomic mass is 10.2. The predicted molar refractivity (Wildman–Crippen MR) is 106 cm³/mol. The number of aliphatic carboxylic acids is 1. The van der Waals surface area contributed by atoms with Gasteiger partial charge >= 0.3 is 5.97 Å². The van der Waals surface area contributed by atoms with E-state index in [1.54, 1.807) is 18.3 Å². The predicted octanol–water partition coefficient (Wildman–Crippen LogP) is 3.80. The summed E-state index contributed by atoms with van der Waals surface area (Å²) in [5.41, 5.74) is 4.88. The average Bonchev–Trinajstić information content (AvgIpc) is 3.07. The Morgan fingerprint density at radius 3 is 2.74 bits per heavy atom. The Kier molecular flexibility index (Phi) is 6.22. The van der Waals surface area contributed by atoms with E-state index in [-0.39, 0.29) is 6.61 Å². The van der Waals surface area contributed by atoms with E-state index < -0.39 is 5.97 Å².